The Morgan fingerprint density at radius 2 is 1.96 bits per heavy atom. The van der Waals surface area contributed by atoms with Crippen molar-refractivity contribution in [2.45, 2.75) is 69.0 Å². The summed E-state index contributed by atoms with van der Waals surface area (Å²) >= 11 is 0.686. The van der Waals surface area contributed by atoms with Crippen molar-refractivity contribution in [3.8, 4) is 23.2 Å². The minimum absolute atomic E-state index is 0.00403. The molecule has 4 saturated heterocycles. The molecule has 16 heteroatoms. The van der Waals surface area contributed by atoms with Gasteiger partial charge in [-0.25, -0.2) is 13.2 Å². The molecule has 2 aromatic carbocycles. The fourth-order valence-corrected chi connectivity index (χ4v) is 9.71. The van der Waals surface area contributed by atoms with Crippen molar-refractivity contribution >= 4 is 49.1 Å². The third-order valence-corrected chi connectivity index (χ3v) is 11.9. The Morgan fingerprint density at radius 3 is 2.70 bits per heavy atom. The van der Waals surface area contributed by atoms with Crippen molar-refractivity contribution in [3.05, 3.63) is 41.0 Å². The molecule has 0 saturated carbocycles. The number of ether oxygens (including phenoxy) is 1. The number of carbonyl (C=O) groups excluding carboxylic acids is 1. The summed E-state index contributed by atoms with van der Waals surface area (Å²) in [7, 11) is 0. The van der Waals surface area contributed by atoms with E-state index in [1.54, 1.807) is 9.80 Å². The largest absolute Gasteiger partial charge is 0.461 e. The molecule has 2 aromatic heterocycles. The van der Waals surface area contributed by atoms with Gasteiger partial charge in [0.25, 0.3) is 0 Å². The Bertz CT molecular complexity index is 2120. The minimum atomic E-state index is -5.10. The van der Waals surface area contributed by atoms with Gasteiger partial charge in [-0.05, 0) is 49.9 Å². The lowest BCUT2D eigenvalue weighted by Crippen LogP contribution is -2.43. The van der Waals surface area contributed by atoms with E-state index < -0.39 is 46.2 Å². The van der Waals surface area contributed by atoms with E-state index in [1.807, 2.05) is 11.0 Å². The molecule has 1 amide bonds. The van der Waals surface area contributed by atoms with E-state index >= 15 is 17.6 Å². The molecule has 0 spiro atoms. The van der Waals surface area contributed by atoms with Gasteiger partial charge < -0.3 is 20.3 Å². The van der Waals surface area contributed by atoms with Gasteiger partial charge in [-0.2, -0.15) is 28.4 Å². The lowest BCUT2D eigenvalue weighted by atomic mass is 9.92. The van der Waals surface area contributed by atoms with E-state index in [2.05, 4.69) is 9.97 Å². The number of nitrogen functional groups attached to an aromatic ring is 1. The second-order valence-corrected chi connectivity index (χ2v) is 14.6. The van der Waals surface area contributed by atoms with E-state index in [9.17, 15) is 18.8 Å². The summed E-state index contributed by atoms with van der Waals surface area (Å²) in [4.78, 5) is 26.8. The number of fused-ring (bicyclic) bond motifs is 4. The van der Waals surface area contributed by atoms with E-state index in [1.165, 1.54) is 6.92 Å². The molecule has 9 nitrogen and oxygen atoms in total. The number of hydrogen-bond donors (Lipinski definition) is 1. The Kier molecular flexibility index (Phi) is 7.61. The quantitative estimate of drug-likeness (QED) is 0.236. The van der Waals surface area contributed by atoms with Crippen molar-refractivity contribution in [1.29, 1.82) is 5.26 Å². The van der Waals surface area contributed by atoms with Crippen LogP contribution in [0.15, 0.2) is 18.2 Å². The van der Waals surface area contributed by atoms with Crippen LogP contribution in [-0.4, -0.2) is 82.3 Å². The second-order valence-electron chi connectivity index (χ2n) is 13.6. The number of benzene rings is 2. The van der Waals surface area contributed by atoms with Crippen molar-refractivity contribution < 1.29 is 35.9 Å². The Morgan fingerprint density at radius 1 is 1.18 bits per heavy atom. The maximum absolute atomic E-state index is 17.1. The van der Waals surface area contributed by atoms with Crippen LogP contribution in [0.1, 0.15) is 50.2 Å². The molecule has 4 unspecified atom stereocenters. The Hall–Kier alpha value is -4.36. The zero-order valence-electron chi connectivity index (χ0n) is 26.8. The van der Waals surface area contributed by atoms with Crippen LogP contribution in [0.2, 0.25) is 0 Å². The molecule has 4 fully saturated rings. The van der Waals surface area contributed by atoms with Crippen LogP contribution in [0.3, 0.4) is 0 Å². The number of halogens is 6. The lowest BCUT2D eigenvalue weighted by molar-refractivity contribution is -0.137. The number of aromatic nitrogens is 2. The first kappa shape index (κ1) is 32.8. The fraction of sp³-hybridized carbons (Fsp3) is 0.471. The first-order valence-electron chi connectivity index (χ1n) is 16.4. The molecule has 4 atom stereocenters. The highest BCUT2D eigenvalue weighted by atomic mass is 32.1. The zero-order chi connectivity index (χ0) is 35.3. The average molecular weight is 716 g/mol. The van der Waals surface area contributed by atoms with Crippen LogP contribution in [0.4, 0.5) is 37.2 Å². The van der Waals surface area contributed by atoms with E-state index in [4.69, 9.17) is 10.5 Å². The van der Waals surface area contributed by atoms with Gasteiger partial charge >= 0.3 is 12.2 Å². The van der Waals surface area contributed by atoms with Crippen LogP contribution < -0.4 is 15.4 Å². The van der Waals surface area contributed by atoms with E-state index in [0.717, 1.165) is 24.6 Å². The summed E-state index contributed by atoms with van der Waals surface area (Å²) in [5.74, 6) is -2.27. The highest BCUT2D eigenvalue weighted by Crippen LogP contribution is 2.49. The minimum Gasteiger partial charge on any atom is -0.461 e. The molecule has 0 radical (unpaired) electrons. The number of alkyl halides is 4. The Labute approximate surface area is 286 Å². The lowest BCUT2D eigenvalue weighted by Gasteiger charge is -2.31. The molecule has 0 aliphatic carbocycles. The van der Waals surface area contributed by atoms with Gasteiger partial charge in [0.2, 0.25) is 5.91 Å². The summed E-state index contributed by atoms with van der Waals surface area (Å²) in [6.45, 7) is 3.20. The summed E-state index contributed by atoms with van der Waals surface area (Å²) in [6, 6.07) is 3.75. The molecule has 0 bridgehead atoms. The molecule has 262 valence electrons. The molecule has 8 rings (SSSR count). The number of nitriles is 1. The standard InChI is InChI=1S/C34H31F6N7O2S/c1-16(48)46-9-5-24-23(46)6-10-47(24)31-19-11-21(34(38,39)40)26(18-3-4-22(36)29-25(18)20(13-41)30(42)50-29)27(37)28(19)43-32(44-31)49-15-33-7-2-8-45(33)14-17(35)12-33/h3-4,11,17,23-24H,2,5-10,12,14-15,42H2,1H3. The number of hydrogen-bond acceptors (Lipinski definition) is 9. The average Bonchev–Trinajstić information content (AvgIpc) is 3.86. The smallest absolute Gasteiger partial charge is 0.417 e. The number of nitrogens with zero attached hydrogens (tertiary/aromatic N) is 6. The maximum atomic E-state index is 17.1. The molecule has 4 aromatic rings. The first-order chi connectivity index (χ1) is 23.8. The van der Waals surface area contributed by atoms with Gasteiger partial charge in [0.1, 0.15) is 41.0 Å². The fourth-order valence-electron chi connectivity index (χ4n) is 8.76. The third-order valence-electron chi connectivity index (χ3n) is 10.9. The van der Waals surface area contributed by atoms with Gasteiger partial charge in [-0.3, -0.25) is 9.69 Å². The predicted molar refractivity (Wildman–Crippen MR) is 174 cm³/mol. The molecular formula is C34H31F6N7O2S. The summed E-state index contributed by atoms with van der Waals surface area (Å²) in [5, 5.41) is 9.26. The molecule has 2 N–H and O–H groups in total. The van der Waals surface area contributed by atoms with E-state index in [0.29, 0.717) is 50.2 Å². The van der Waals surface area contributed by atoms with Crippen molar-refractivity contribution in [3.63, 3.8) is 0 Å². The monoisotopic (exact) mass is 715 g/mol. The van der Waals surface area contributed by atoms with Crippen LogP contribution in [0, 0.1) is 23.0 Å². The van der Waals surface area contributed by atoms with Crippen LogP contribution in [0.25, 0.3) is 32.1 Å². The third kappa shape index (κ3) is 4.95. The van der Waals surface area contributed by atoms with Crippen molar-refractivity contribution in [2.75, 3.05) is 43.4 Å². The topological polar surface area (TPSA) is 112 Å². The van der Waals surface area contributed by atoms with Gasteiger partial charge in [0, 0.05) is 49.3 Å². The summed E-state index contributed by atoms with van der Waals surface area (Å²) in [5.41, 5.74) is 1.98. The number of amides is 1. The molecule has 50 heavy (non-hydrogen) atoms. The van der Waals surface area contributed by atoms with Gasteiger partial charge in [0.05, 0.1) is 33.4 Å². The number of rotatable bonds is 5. The number of thiophene rings is 1. The number of likely N-dealkylation sites (tertiary alicyclic amines) is 1. The SMILES string of the molecule is CC(=O)N1CCC2C1CCN2c1nc(OCC23CCCN2CC(F)C3)nc2c(F)c(-c3ccc(F)c4sc(N)c(C#N)c34)c(C(F)(F)F)cc12. The van der Waals surface area contributed by atoms with Crippen molar-refractivity contribution in [2.24, 2.45) is 0 Å². The highest BCUT2D eigenvalue weighted by molar-refractivity contribution is 7.23. The number of carbonyl (C=O) groups is 1. The maximum Gasteiger partial charge on any atom is 0.417 e. The zero-order valence-corrected chi connectivity index (χ0v) is 27.6. The second kappa shape index (κ2) is 11.6. The summed E-state index contributed by atoms with van der Waals surface area (Å²) < 4.78 is 97.6. The van der Waals surface area contributed by atoms with E-state index in [-0.39, 0.29) is 81.0 Å². The molecular weight excluding hydrogens is 684 g/mol. The molecule has 4 aliphatic heterocycles. The van der Waals surface area contributed by atoms with Crippen molar-refractivity contribution in [1.82, 2.24) is 19.8 Å². The molecule has 4 aliphatic rings. The van der Waals surface area contributed by atoms with Crippen LogP contribution in [0.5, 0.6) is 6.01 Å². The van der Waals surface area contributed by atoms with Crippen LogP contribution >= 0.6 is 11.3 Å². The normalized spacial score (nSPS) is 25.1. The summed E-state index contributed by atoms with van der Waals surface area (Å²) in [6.07, 6.45) is -3.34. The molecule has 6 heterocycles. The predicted octanol–water partition coefficient (Wildman–Crippen LogP) is 6.42. The van der Waals surface area contributed by atoms with Gasteiger partial charge in [0.15, 0.2) is 5.82 Å². The Balaban J connectivity index is 1.34. The first-order valence-corrected chi connectivity index (χ1v) is 17.2. The van der Waals surface area contributed by atoms with Crippen LogP contribution in [-0.2, 0) is 11.0 Å². The number of nitrogens with two attached hydrogens (primary N) is 1. The highest BCUT2D eigenvalue weighted by Gasteiger charge is 2.50. The number of anilines is 2. The van der Waals surface area contributed by atoms with Gasteiger partial charge in [-0.1, -0.05) is 6.07 Å². The van der Waals surface area contributed by atoms with Gasteiger partial charge in [-0.15, -0.1) is 11.3 Å².